The summed E-state index contributed by atoms with van der Waals surface area (Å²) in [5.74, 6) is -0.220. The molecule has 0 saturated carbocycles. The Hall–Kier alpha value is -0.650. The molecule has 4 N–H and O–H groups in total. The molecule has 0 heterocycles. The van der Waals surface area contributed by atoms with Gasteiger partial charge in [0, 0.05) is 13.7 Å². The molecule has 0 aromatic heterocycles. The van der Waals surface area contributed by atoms with Crippen LogP contribution >= 0.6 is 0 Å². The molecule has 1 unspecified atom stereocenters. The molecule has 0 rings (SSSR count). The number of rotatable bonds is 7. The van der Waals surface area contributed by atoms with E-state index in [1.54, 1.807) is 0 Å². The zero-order valence-electron chi connectivity index (χ0n) is 9.75. The second-order valence-corrected chi connectivity index (χ2v) is 3.68. The number of carbonyl (C=O) groups is 1. The van der Waals surface area contributed by atoms with Gasteiger partial charge in [0.05, 0.1) is 18.2 Å². The number of methoxy groups -OCH3 is 1. The van der Waals surface area contributed by atoms with Crippen molar-refractivity contribution in [3.05, 3.63) is 0 Å². The highest BCUT2D eigenvalue weighted by Gasteiger charge is 2.29. The van der Waals surface area contributed by atoms with E-state index >= 15 is 0 Å². The molecule has 0 radical (unpaired) electrons. The second kappa shape index (κ2) is 6.76. The Balaban J connectivity index is 4.02. The fourth-order valence-electron chi connectivity index (χ4n) is 1.21. The number of hydrogen-bond donors (Lipinski definition) is 3. The monoisotopic (exact) mass is 218 g/mol. The first-order chi connectivity index (χ1) is 7.00. The largest absolute Gasteiger partial charge is 0.389 e. The van der Waals surface area contributed by atoms with Crippen molar-refractivity contribution in [3.63, 3.8) is 0 Å². The van der Waals surface area contributed by atoms with Crippen molar-refractivity contribution in [2.45, 2.75) is 38.3 Å². The van der Waals surface area contributed by atoms with Gasteiger partial charge in [0.15, 0.2) is 0 Å². The average molecular weight is 218 g/mol. The van der Waals surface area contributed by atoms with Crippen LogP contribution in [0.5, 0.6) is 0 Å². The van der Waals surface area contributed by atoms with Gasteiger partial charge in [0.1, 0.15) is 0 Å². The lowest BCUT2D eigenvalue weighted by Gasteiger charge is -2.25. The van der Waals surface area contributed by atoms with Gasteiger partial charge in [-0.1, -0.05) is 13.8 Å². The summed E-state index contributed by atoms with van der Waals surface area (Å²) in [6.07, 6.45) is 0.475. The SMILES string of the molecule is CCC(N)(CC)C(=O)NCC(O)COC. The van der Waals surface area contributed by atoms with Crippen molar-refractivity contribution in [2.75, 3.05) is 20.3 Å². The minimum Gasteiger partial charge on any atom is -0.389 e. The van der Waals surface area contributed by atoms with E-state index in [2.05, 4.69) is 5.32 Å². The van der Waals surface area contributed by atoms with Gasteiger partial charge < -0.3 is 20.9 Å². The van der Waals surface area contributed by atoms with Crippen LogP contribution in [0.3, 0.4) is 0 Å². The van der Waals surface area contributed by atoms with E-state index in [4.69, 9.17) is 10.5 Å². The van der Waals surface area contributed by atoms with Crippen molar-refractivity contribution in [2.24, 2.45) is 5.73 Å². The number of aliphatic hydroxyl groups is 1. The van der Waals surface area contributed by atoms with E-state index < -0.39 is 11.6 Å². The van der Waals surface area contributed by atoms with Crippen LogP contribution in [0.1, 0.15) is 26.7 Å². The van der Waals surface area contributed by atoms with E-state index in [0.717, 1.165) is 0 Å². The third-order valence-corrected chi connectivity index (χ3v) is 2.57. The zero-order valence-corrected chi connectivity index (χ0v) is 9.75. The lowest BCUT2D eigenvalue weighted by atomic mass is 9.93. The van der Waals surface area contributed by atoms with Crippen LogP contribution in [0.2, 0.25) is 0 Å². The Morgan fingerprint density at radius 3 is 2.47 bits per heavy atom. The van der Waals surface area contributed by atoms with Crippen LogP contribution in [-0.4, -0.2) is 42.9 Å². The molecular formula is C10H22N2O3. The molecule has 15 heavy (non-hydrogen) atoms. The molecule has 0 fully saturated rings. The number of aliphatic hydroxyl groups excluding tert-OH is 1. The predicted octanol–water partition coefficient (Wildman–Crippen LogP) is -0.373. The zero-order chi connectivity index (χ0) is 11.9. The Morgan fingerprint density at radius 1 is 1.53 bits per heavy atom. The molecule has 90 valence electrons. The first-order valence-corrected chi connectivity index (χ1v) is 5.24. The highest BCUT2D eigenvalue weighted by molar-refractivity contribution is 5.85. The fourth-order valence-corrected chi connectivity index (χ4v) is 1.21. The Kier molecular flexibility index (Phi) is 6.47. The number of nitrogens with one attached hydrogen (secondary N) is 1. The first-order valence-electron chi connectivity index (χ1n) is 5.24. The van der Waals surface area contributed by atoms with Crippen molar-refractivity contribution >= 4 is 5.91 Å². The summed E-state index contributed by atoms with van der Waals surface area (Å²) >= 11 is 0. The summed E-state index contributed by atoms with van der Waals surface area (Å²) in [4.78, 5) is 11.6. The van der Waals surface area contributed by atoms with Crippen LogP contribution in [-0.2, 0) is 9.53 Å². The second-order valence-electron chi connectivity index (χ2n) is 3.68. The topological polar surface area (TPSA) is 84.6 Å². The predicted molar refractivity (Wildman–Crippen MR) is 58.4 cm³/mol. The Labute approximate surface area is 91.0 Å². The van der Waals surface area contributed by atoms with E-state index in [-0.39, 0.29) is 19.1 Å². The van der Waals surface area contributed by atoms with Gasteiger partial charge in [0.25, 0.3) is 0 Å². The minimum atomic E-state index is -0.827. The molecule has 0 spiro atoms. The number of hydrogen-bond acceptors (Lipinski definition) is 4. The molecule has 5 heteroatoms. The quantitative estimate of drug-likeness (QED) is 0.544. The molecule has 0 bridgehead atoms. The van der Waals surface area contributed by atoms with E-state index in [9.17, 15) is 9.90 Å². The summed E-state index contributed by atoms with van der Waals surface area (Å²) in [6, 6.07) is 0. The molecule has 0 aliphatic carbocycles. The molecule has 5 nitrogen and oxygen atoms in total. The fraction of sp³-hybridized carbons (Fsp3) is 0.900. The molecule has 0 aromatic rings. The van der Waals surface area contributed by atoms with Crippen LogP contribution in [0.15, 0.2) is 0 Å². The van der Waals surface area contributed by atoms with Crippen molar-refractivity contribution in [1.29, 1.82) is 0 Å². The van der Waals surface area contributed by atoms with Gasteiger partial charge in [-0.15, -0.1) is 0 Å². The van der Waals surface area contributed by atoms with Gasteiger partial charge in [-0.25, -0.2) is 0 Å². The number of amides is 1. The maximum Gasteiger partial charge on any atom is 0.240 e. The lowest BCUT2D eigenvalue weighted by Crippen LogP contribution is -2.54. The van der Waals surface area contributed by atoms with Crippen molar-refractivity contribution in [3.8, 4) is 0 Å². The maximum absolute atomic E-state index is 11.6. The van der Waals surface area contributed by atoms with Gasteiger partial charge in [0.2, 0.25) is 5.91 Å². The summed E-state index contributed by atoms with van der Waals surface area (Å²) in [7, 11) is 1.50. The Morgan fingerprint density at radius 2 is 2.07 bits per heavy atom. The van der Waals surface area contributed by atoms with Crippen molar-refractivity contribution < 1.29 is 14.6 Å². The minimum absolute atomic E-state index is 0.172. The summed E-state index contributed by atoms with van der Waals surface area (Å²) < 4.78 is 4.74. The van der Waals surface area contributed by atoms with Gasteiger partial charge in [-0.2, -0.15) is 0 Å². The molecule has 0 aliphatic heterocycles. The summed E-state index contributed by atoms with van der Waals surface area (Å²) in [5.41, 5.74) is 5.05. The lowest BCUT2D eigenvalue weighted by molar-refractivity contribution is -0.127. The molecule has 1 amide bonds. The standard InChI is InChI=1S/C10H22N2O3/c1-4-10(11,5-2)9(14)12-6-8(13)7-15-3/h8,13H,4-7,11H2,1-3H3,(H,12,14). The van der Waals surface area contributed by atoms with Crippen LogP contribution in [0, 0.1) is 0 Å². The van der Waals surface area contributed by atoms with Gasteiger partial charge in [-0.05, 0) is 12.8 Å². The summed E-state index contributed by atoms with van der Waals surface area (Å²) in [5, 5.41) is 11.9. The number of carbonyl (C=O) groups excluding carboxylic acids is 1. The van der Waals surface area contributed by atoms with Gasteiger partial charge in [-0.3, -0.25) is 4.79 Å². The van der Waals surface area contributed by atoms with Crippen LogP contribution < -0.4 is 11.1 Å². The molecule has 0 aromatic carbocycles. The van der Waals surface area contributed by atoms with Crippen LogP contribution in [0.25, 0.3) is 0 Å². The summed E-state index contributed by atoms with van der Waals surface area (Å²) in [6.45, 7) is 4.12. The third kappa shape index (κ3) is 4.59. The van der Waals surface area contributed by atoms with E-state index in [0.29, 0.717) is 12.8 Å². The number of nitrogens with two attached hydrogens (primary N) is 1. The van der Waals surface area contributed by atoms with E-state index in [1.165, 1.54) is 7.11 Å². The Bertz CT molecular complexity index is 193. The molecule has 1 atom stereocenters. The highest BCUT2D eigenvalue weighted by atomic mass is 16.5. The highest BCUT2D eigenvalue weighted by Crippen LogP contribution is 2.10. The first kappa shape index (κ1) is 14.3. The van der Waals surface area contributed by atoms with E-state index in [1.807, 2.05) is 13.8 Å². The van der Waals surface area contributed by atoms with Crippen LogP contribution in [0.4, 0.5) is 0 Å². The molecular weight excluding hydrogens is 196 g/mol. The average Bonchev–Trinajstić information content (AvgIpc) is 2.25. The molecule has 0 saturated heterocycles. The maximum atomic E-state index is 11.6. The third-order valence-electron chi connectivity index (χ3n) is 2.57. The van der Waals surface area contributed by atoms with Crippen molar-refractivity contribution in [1.82, 2.24) is 5.32 Å². The normalized spacial score (nSPS) is 13.7. The van der Waals surface area contributed by atoms with Gasteiger partial charge >= 0.3 is 0 Å². The molecule has 0 aliphatic rings. The smallest absolute Gasteiger partial charge is 0.240 e. The number of ether oxygens (including phenoxy) is 1.